The van der Waals surface area contributed by atoms with E-state index in [9.17, 15) is 13.6 Å². The number of nitrogens with zero attached hydrogens (tertiary/aromatic N) is 6. The van der Waals surface area contributed by atoms with Crippen LogP contribution in [0.4, 0.5) is 8.78 Å². The normalized spacial score (nSPS) is 13.5. The van der Waals surface area contributed by atoms with Gasteiger partial charge in [0, 0.05) is 6.20 Å². The van der Waals surface area contributed by atoms with Crippen LogP contribution in [0.15, 0.2) is 67.3 Å². The molecule has 0 amide bonds. The number of fused-ring (bicyclic) bond motifs is 2. The summed E-state index contributed by atoms with van der Waals surface area (Å²) in [6.07, 6.45) is 0.654. The number of esters is 1. The van der Waals surface area contributed by atoms with Crippen LogP contribution in [-0.2, 0) is 17.9 Å². The number of aromatic nitrogens is 6. The number of carbonyl (C=O) groups excluding carboxylic acids is 1. The van der Waals surface area contributed by atoms with Crippen molar-refractivity contribution in [3.8, 4) is 23.3 Å². The van der Waals surface area contributed by atoms with Gasteiger partial charge in [-0.3, -0.25) is 0 Å². The van der Waals surface area contributed by atoms with Gasteiger partial charge in [0.2, 0.25) is 5.88 Å². The fourth-order valence-electron chi connectivity index (χ4n) is 3.99. The van der Waals surface area contributed by atoms with E-state index >= 15 is 0 Å². The highest BCUT2D eigenvalue weighted by Crippen LogP contribution is 2.41. The molecule has 0 bridgehead atoms. The molecular weight excluding hydrogens is 514 g/mol. The van der Waals surface area contributed by atoms with Gasteiger partial charge in [-0.2, -0.15) is 15.1 Å². The molecule has 0 unspecified atom stereocenters. The third-order valence-corrected chi connectivity index (χ3v) is 5.76. The highest BCUT2D eigenvalue weighted by molar-refractivity contribution is 5.88. The molecule has 0 saturated heterocycles. The summed E-state index contributed by atoms with van der Waals surface area (Å²) in [5.74, 6) is -0.295. The number of hydrogen-bond donors (Lipinski definition) is 0. The van der Waals surface area contributed by atoms with Gasteiger partial charge < -0.3 is 23.5 Å². The van der Waals surface area contributed by atoms with Gasteiger partial charge in [0.1, 0.15) is 6.61 Å². The van der Waals surface area contributed by atoms with E-state index in [2.05, 4.69) is 29.5 Å². The van der Waals surface area contributed by atoms with Crippen LogP contribution < -0.4 is 14.2 Å². The van der Waals surface area contributed by atoms with Crippen molar-refractivity contribution in [2.24, 2.45) is 0 Å². The molecular formula is C26H20F2N6O5. The van der Waals surface area contributed by atoms with Gasteiger partial charge in [0.15, 0.2) is 22.7 Å². The molecule has 6 rings (SSSR count). The van der Waals surface area contributed by atoms with Crippen LogP contribution in [-0.4, -0.2) is 48.2 Å². The zero-order valence-corrected chi connectivity index (χ0v) is 20.5. The molecule has 0 fully saturated rings. The molecule has 4 heterocycles. The Balaban J connectivity index is 1.37. The number of halogens is 2. The van der Waals surface area contributed by atoms with Crippen molar-refractivity contribution in [2.75, 3.05) is 6.61 Å². The van der Waals surface area contributed by atoms with E-state index < -0.39 is 12.3 Å². The molecule has 11 nitrogen and oxygen atoms in total. The average Bonchev–Trinajstić information content (AvgIpc) is 3.64. The Morgan fingerprint density at radius 2 is 1.87 bits per heavy atom. The molecule has 0 aliphatic carbocycles. The highest BCUT2D eigenvalue weighted by Gasteiger charge is 2.43. The van der Waals surface area contributed by atoms with Crippen molar-refractivity contribution in [1.29, 1.82) is 0 Å². The first-order valence-electron chi connectivity index (χ1n) is 11.9. The molecule has 13 heteroatoms. The monoisotopic (exact) mass is 534 g/mol. The second-order valence-corrected chi connectivity index (χ2v) is 8.49. The largest absolute Gasteiger partial charge is 0.586 e. The molecule has 0 spiro atoms. The number of rotatable bonds is 8. The van der Waals surface area contributed by atoms with E-state index in [0.717, 1.165) is 5.56 Å². The summed E-state index contributed by atoms with van der Waals surface area (Å²) >= 11 is 0. The highest BCUT2D eigenvalue weighted by atomic mass is 19.3. The summed E-state index contributed by atoms with van der Waals surface area (Å²) < 4.78 is 50.1. The second kappa shape index (κ2) is 9.67. The zero-order chi connectivity index (χ0) is 27.0. The summed E-state index contributed by atoms with van der Waals surface area (Å²) in [6, 6.07) is 14.1. The minimum absolute atomic E-state index is 0.0449. The summed E-state index contributed by atoms with van der Waals surface area (Å²) in [7, 11) is 0. The molecule has 0 radical (unpaired) electrons. The Kier molecular flexibility index (Phi) is 6.02. The second-order valence-electron chi connectivity index (χ2n) is 8.49. The van der Waals surface area contributed by atoms with Crippen LogP contribution in [0, 0.1) is 0 Å². The molecule has 0 atom stereocenters. The van der Waals surface area contributed by atoms with Gasteiger partial charge in [-0.15, -0.1) is 8.78 Å². The van der Waals surface area contributed by atoms with Crippen LogP contribution in [0.1, 0.15) is 28.4 Å². The number of alkyl halides is 2. The summed E-state index contributed by atoms with van der Waals surface area (Å²) in [4.78, 5) is 25.7. The molecule has 1 aliphatic heterocycles. The standard InChI is InChI=1S/C26H20F2N6O5/c1-2-36-24(35)18-11-30-34(13-18)25-31-22-21(23(32-25)37-14-16-6-4-3-5-7-16)29-15-33(22)12-17-8-9-19-20(10-17)39-26(27,28)38-19/h3-11,13,15H,2,12,14H2,1H3. The van der Waals surface area contributed by atoms with Crippen molar-refractivity contribution in [3.63, 3.8) is 0 Å². The van der Waals surface area contributed by atoms with Crippen LogP contribution in [0.3, 0.4) is 0 Å². The zero-order valence-electron chi connectivity index (χ0n) is 20.5. The lowest BCUT2D eigenvalue weighted by atomic mass is 10.2. The number of imidazole rings is 1. The molecule has 0 saturated carbocycles. The maximum absolute atomic E-state index is 13.5. The fraction of sp³-hybridized carbons (Fsp3) is 0.192. The first kappa shape index (κ1) is 24.3. The SMILES string of the molecule is CCOC(=O)c1cnn(-c2nc(OCc3ccccc3)c3ncn(Cc4ccc5c(c4)OC(F)(F)O5)c3n2)c1. The summed E-state index contributed by atoms with van der Waals surface area (Å²) in [5, 5.41) is 4.21. The Bertz CT molecular complexity index is 1670. The van der Waals surface area contributed by atoms with E-state index in [0.29, 0.717) is 16.7 Å². The number of ether oxygens (including phenoxy) is 4. The molecule has 1 aliphatic rings. The molecule has 2 aromatic carbocycles. The molecule has 39 heavy (non-hydrogen) atoms. The van der Waals surface area contributed by atoms with Crippen LogP contribution in [0.25, 0.3) is 17.1 Å². The maximum Gasteiger partial charge on any atom is 0.586 e. The van der Waals surface area contributed by atoms with Crippen molar-refractivity contribution in [1.82, 2.24) is 29.3 Å². The first-order chi connectivity index (χ1) is 18.9. The van der Waals surface area contributed by atoms with Gasteiger partial charge in [0.25, 0.3) is 5.95 Å². The van der Waals surface area contributed by atoms with Gasteiger partial charge in [-0.05, 0) is 30.2 Å². The van der Waals surface area contributed by atoms with E-state index in [1.54, 1.807) is 23.9 Å². The number of hydrogen-bond acceptors (Lipinski definition) is 9. The smallest absolute Gasteiger partial charge is 0.471 e. The Morgan fingerprint density at radius 3 is 2.69 bits per heavy atom. The van der Waals surface area contributed by atoms with Gasteiger partial charge in [0.05, 0.1) is 31.2 Å². The topological polar surface area (TPSA) is 115 Å². The Hall–Kier alpha value is -5.07. The van der Waals surface area contributed by atoms with E-state index in [1.807, 2.05) is 30.3 Å². The minimum atomic E-state index is -3.71. The molecule has 198 valence electrons. The quantitative estimate of drug-likeness (QED) is 0.271. The van der Waals surface area contributed by atoms with Crippen LogP contribution >= 0.6 is 0 Å². The maximum atomic E-state index is 13.5. The fourth-order valence-corrected chi connectivity index (χ4v) is 3.99. The average molecular weight is 534 g/mol. The lowest BCUT2D eigenvalue weighted by molar-refractivity contribution is -0.286. The summed E-state index contributed by atoms with van der Waals surface area (Å²) in [5.41, 5.74) is 2.59. The van der Waals surface area contributed by atoms with Crippen molar-refractivity contribution < 1.29 is 32.5 Å². The Labute approximate surface area is 219 Å². The van der Waals surface area contributed by atoms with Crippen LogP contribution in [0.5, 0.6) is 17.4 Å². The lowest BCUT2D eigenvalue weighted by Gasteiger charge is -2.10. The predicted molar refractivity (Wildman–Crippen MR) is 131 cm³/mol. The van der Waals surface area contributed by atoms with Crippen molar-refractivity contribution >= 4 is 17.1 Å². The van der Waals surface area contributed by atoms with E-state index in [-0.39, 0.29) is 48.6 Å². The molecule has 0 N–H and O–H groups in total. The van der Waals surface area contributed by atoms with E-state index in [1.165, 1.54) is 29.2 Å². The third-order valence-electron chi connectivity index (χ3n) is 5.76. The van der Waals surface area contributed by atoms with Crippen molar-refractivity contribution in [3.05, 3.63) is 83.9 Å². The molecule has 5 aromatic rings. The predicted octanol–water partition coefficient (Wildman–Crippen LogP) is 4.14. The first-order valence-corrected chi connectivity index (χ1v) is 11.9. The van der Waals surface area contributed by atoms with Gasteiger partial charge in [-0.25, -0.2) is 14.5 Å². The van der Waals surface area contributed by atoms with Gasteiger partial charge in [-0.1, -0.05) is 36.4 Å². The Morgan fingerprint density at radius 1 is 1.05 bits per heavy atom. The lowest BCUT2D eigenvalue weighted by Crippen LogP contribution is -2.25. The summed E-state index contributed by atoms with van der Waals surface area (Å²) in [6.45, 7) is 2.38. The van der Waals surface area contributed by atoms with Gasteiger partial charge >= 0.3 is 12.3 Å². The molecule has 3 aromatic heterocycles. The number of carbonyl (C=O) groups is 1. The van der Waals surface area contributed by atoms with E-state index in [4.69, 9.17) is 9.47 Å². The van der Waals surface area contributed by atoms with Crippen molar-refractivity contribution in [2.45, 2.75) is 26.4 Å². The number of benzene rings is 2. The van der Waals surface area contributed by atoms with Crippen LogP contribution in [0.2, 0.25) is 0 Å². The third kappa shape index (κ3) is 4.93. The minimum Gasteiger partial charge on any atom is -0.471 e.